The summed E-state index contributed by atoms with van der Waals surface area (Å²) in [5, 5.41) is 10.4. The summed E-state index contributed by atoms with van der Waals surface area (Å²) < 4.78 is 13.3. The summed E-state index contributed by atoms with van der Waals surface area (Å²) in [4.78, 5) is 12.6. The smallest absolute Gasteiger partial charge is 0.342 e. The molecule has 2 heterocycles. The van der Waals surface area contributed by atoms with Crippen molar-refractivity contribution >= 4 is 28.7 Å². The van der Waals surface area contributed by atoms with Crippen LogP contribution in [0.2, 0.25) is 0 Å². The summed E-state index contributed by atoms with van der Waals surface area (Å²) in [7, 11) is 0. The Hall–Kier alpha value is -3.06. The maximum atomic E-state index is 12.6. The highest BCUT2D eigenvalue weighted by Gasteiger charge is 2.23. The number of carbonyl (C=O) groups is 1. The highest BCUT2D eigenvalue weighted by molar-refractivity contribution is 7.98. The second-order valence-electron chi connectivity index (χ2n) is 6.71. The monoisotopic (exact) mass is 421 g/mol. The molecule has 0 saturated heterocycles. The van der Waals surface area contributed by atoms with Crippen molar-refractivity contribution in [1.82, 2.24) is 14.8 Å². The summed E-state index contributed by atoms with van der Waals surface area (Å²) in [5.41, 5.74) is 2.36. The van der Waals surface area contributed by atoms with Gasteiger partial charge in [-0.2, -0.15) is 0 Å². The first-order valence-electron chi connectivity index (χ1n) is 9.97. The quantitative estimate of drug-likeness (QED) is 0.291. The molecule has 0 aliphatic carbocycles. The van der Waals surface area contributed by atoms with E-state index >= 15 is 0 Å². The van der Waals surface area contributed by atoms with E-state index in [1.165, 1.54) is 17.3 Å². The highest BCUT2D eigenvalue weighted by atomic mass is 32.2. The van der Waals surface area contributed by atoms with Crippen LogP contribution in [0, 0.1) is 0 Å². The van der Waals surface area contributed by atoms with Gasteiger partial charge in [-0.1, -0.05) is 60.3 Å². The molecule has 0 spiro atoms. The van der Waals surface area contributed by atoms with Gasteiger partial charge in [0.05, 0.1) is 12.4 Å². The van der Waals surface area contributed by atoms with Crippen LogP contribution in [0.1, 0.15) is 41.4 Å². The zero-order valence-electron chi connectivity index (χ0n) is 17.0. The number of thioether (sulfide) groups is 1. The van der Waals surface area contributed by atoms with Crippen molar-refractivity contribution < 1.29 is 13.9 Å². The molecule has 0 saturated carbocycles. The number of nitrogens with zero attached hydrogens (tertiary/aromatic N) is 3. The van der Waals surface area contributed by atoms with Gasteiger partial charge in [-0.25, -0.2) is 4.79 Å². The molecule has 2 aromatic carbocycles. The number of hydrogen-bond acceptors (Lipinski definition) is 6. The van der Waals surface area contributed by atoms with Gasteiger partial charge in [0, 0.05) is 18.4 Å². The topological polar surface area (TPSA) is 70.2 Å². The van der Waals surface area contributed by atoms with Gasteiger partial charge in [-0.15, -0.1) is 10.2 Å². The molecule has 4 rings (SSSR count). The number of rotatable bonds is 8. The Balaban J connectivity index is 1.59. The van der Waals surface area contributed by atoms with Crippen molar-refractivity contribution in [2.45, 2.75) is 37.7 Å². The molecule has 0 fully saturated rings. The van der Waals surface area contributed by atoms with Gasteiger partial charge in [0.2, 0.25) is 0 Å². The maximum absolute atomic E-state index is 12.6. The molecule has 0 unspecified atom stereocenters. The lowest BCUT2D eigenvalue weighted by Crippen LogP contribution is -2.07. The van der Waals surface area contributed by atoms with Crippen molar-refractivity contribution in [3.05, 3.63) is 77.3 Å². The minimum atomic E-state index is -0.361. The maximum Gasteiger partial charge on any atom is 0.342 e. The van der Waals surface area contributed by atoms with Crippen molar-refractivity contribution in [2.24, 2.45) is 0 Å². The van der Waals surface area contributed by atoms with Gasteiger partial charge in [-0.05, 0) is 25.5 Å². The molecular formula is C23H23N3O3S. The molecule has 0 amide bonds. The zero-order chi connectivity index (χ0) is 20.9. The highest BCUT2D eigenvalue weighted by Crippen LogP contribution is 2.31. The molecule has 154 valence electrons. The number of furan rings is 1. The fourth-order valence-electron chi connectivity index (χ4n) is 3.41. The van der Waals surface area contributed by atoms with E-state index in [0.717, 1.165) is 29.3 Å². The van der Waals surface area contributed by atoms with Crippen molar-refractivity contribution in [2.75, 3.05) is 6.61 Å². The zero-order valence-corrected chi connectivity index (χ0v) is 17.8. The standard InChI is InChI=1S/C23H23N3O3S/c1-3-26-20(14-16-10-6-5-7-11-16)24-25-23(26)30-15-19-21(22(27)28-4-2)17-12-8-9-13-18(17)29-19/h5-13H,3-4,14-15H2,1-2H3. The van der Waals surface area contributed by atoms with Crippen LogP contribution in [0.25, 0.3) is 11.0 Å². The molecule has 30 heavy (non-hydrogen) atoms. The van der Waals surface area contributed by atoms with Gasteiger partial charge >= 0.3 is 5.97 Å². The van der Waals surface area contributed by atoms with Gasteiger partial charge in [-0.3, -0.25) is 0 Å². The molecule has 0 bridgehead atoms. The average Bonchev–Trinajstić information content (AvgIpc) is 3.33. The predicted octanol–water partition coefficient (Wildman–Crippen LogP) is 5.10. The molecule has 4 aromatic rings. The van der Waals surface area contributed by atoms with Crippen LogP contribution in [0.15, 0.2) is 64.2 Å². The van der Waals surface area contributed by atoms with Crippen LogP contribution in [0.5, 0.6) is 0 Å². The average molecular weight is 422 g/mol. The lowest BCUT2D eigenvalue weighted by Gasteiger charge is -2.07. The Morgan fingerprint density at radius 3 is 2.60 bits per heavy atom. The third kappa shape index (κ3) is 4.11. The van der Waals surface area contributed by atoms with Crippen molar-refractivity contribution in [1.29, 1.82) is 0 Å². The lowest BCUT2D eigenvalue weighted by molar-refractivity contribution is 0.0526. The van der Waals surface area contributed by atoms with Crippen LogP contribution >= 0.6 is 11.8 Å². The number of fused-ring (bicyclic) bond motifs is 1. The number of carbonyl (C=O) groups excluding carboxylic acids is 1. The van der Waals surface area contributed by atoms with E-state index in [1.807, 2.05) is 42.5 Å². The molecule has 7 heteroatoms. The fraction of sp³-hybridized carbons (Fsp3) is 0.261. The number of esters is 1. The first-order valence-corrected chi connectivity index (χ1v) is 11.0. The molecule has 0 N–H and O–H groups in total. The summed E-state index contributed by atoms with van der Waals surface area (Å²) in [6, 6.07) is 17.7. The second kappa shape index (κ2) is 9.17. The van der Waals surface area contributed by atoms with Crippen LogP contribution < -0.4 is 0 Å². The number of hydrogen-bond donors (Lipinski definition) is 0. The SMILES string of the molecule is CCOC(=O)c1c(CSc2nnc(Cc3ccccc3)n2CC)oc2ccccc12. The van der Waals surface area contributed by atoms with Gasteiger partial charge < -0.3 is 13.7 Å². The van der Waals surface area contributed by atoms with E-state index < -0.39 is 0 Å². The van der Waals surface area contributed by atoms with E-state index in [4.69, 9.17) is 9.15 Å². The molecule has 2 aromatic heterocycles. The summed E-state index contributed by atoms with van der Waals surface area (Å²) in [6.07, 6.45) is 0.723. The third-order valence-corrected chi connectivity index (χ3v) is 5.76. The first-order chi connectivity index (χ1) is 14.7. The Bertz CT molecular complexity index is 1150. The van der Waals surface area contributed by atoms with Crippen LogP contribution in [0.4, 0.5) is 0 Å². The van der Waals surface area contributed by atoms with Gasteiger partial charge in [0.1, 0.15) is 22.7 Å². The van der Waals surface area contributed by atoms with Crippen molar-refractivity contribution in [3.63, 3.8) is 0 Å². The number of ether oxygens (including phenoxy) is 1. The summed E-state index contributed by atoms with van der Waals surface area (Å²) >= 11 is 1.51. The Kier molecular flexibility index (Phi) is 6.18. The molecule has 0 radical (unpaired) electrons. The largest absolute Gasteiger partial charge is 0.462 e. The van der Waals surface area contributed by atoms with Gasteiger partial charge in [0.25, 0.3) is 0 Å². The van der Waals surface area contributed by atoms with Gasteiger partial charge in [0.15, 0.2) is 5.16 Å². The first kappa shape index (κ1) is 20.2. The summed E-state index contributed by atoms with van der Waals surface area (Å²) in [6.45, 7) is 4.96. The number of benzene rings is 2. The van der Waals surface area contributed by atoms with E-state index in [2.05, 4.69) is 33.8 Å². The van der Waals surface area contributed by atoms with Crippen molar-refractivity contribution in [3.8, 4) is 0 Å². The fourth-order valence-corrected chi connectivity index (χ4v) is 4.36. The molecule has 0 aliphatic rings. The van der Waals surface area contributed by atoms with E-state index in [0.29, 0.717) is 29.3 Å². The Labute approximate surface area is 179 Å². The third-order valence-electron chi connectivity index (χ3n) is 4.80. The summed E-state index contributed by atoms with van der Waals surface area (Å²) in [5.74, 6) is 1.61. The second-order valence-corrected chi connectivity index (χ2v) is 7.65. The lowest BCUT2D eigenvalue weighted by atomic mass is 10.1. The Morgan fingerprint density at radius 2 is 1.83 bits per heavy atom. The molecular weight excluding hydrogens is 398 g/mol. The van der Waals surface area contributed by atoms with Crippen LogP contribution in [-0.2, 0) is 23.5 Å². The predicted molar refractivity (Wildman–Crippen MR) is 117 cm³/mol. The van der Waals surface area contributed by atoms with E-state index in [1.54, 1.807) is 6.92 Å². The Morgan fingerprint density at radius 1 is 1.07 bits per heavy atom. The normalized spacial score (nSPS) is 11.1. The van der Waals surface area contributed by atoms with E-state index in [9.17, 15) is 4.79 Å². The number of para-hydroxylation sites is 1. The van der Waals surface area contributed by atoms with Crippen LogP contribution in [0.3, 0.4) is 0 Å². The minimum Gasteiger partial charge on any atom is -0.462 e. The van der Waals surface area contributed by atoms with E-state index in [-0.39, 0.29) is 5.97 Å². The molecule has 6 nitrogen and oxygen atoms in total. The number of aromatic nitrogens is 3. The molecule has 0 aliphatic heterocycles. The minimum absolute atomic E-state index is 0.317. The molecule has 0 atom stereocenters. The van der Waals surface area contributed by atoms with Crippen LogP contribution in [-0.4, -0.2) is 27.3 Å².